The second-order valence-electron chi connectivity index (χ2n) is 7.44. The zero-order valence-corrected chi connectivity index (χ0v) is 19.9. The molecule has 1 atom stereocenters. The lowest BCUT2D eigenvalue weighted by Gasteiger charge is -2.12. The molecule has 1 N–H and O–H groups in total. The van der Waals surface area contributed by atoms with E-state index in [4.69, 9.17) is 37.2 Å². The Kier molecular flexibility index (Phi) is 7.35. The number of carbonyl (C=O) groups is 1. The number of benzene rings is 3. The quantitative estimate of drug-likeness (QED) is 0.304. The lowest BCUT2D eigenvalue weighted by molar-refractivity contribution is -0.115. The molecule has 4 aromatic rings. The smallest absolute Gasteiger partial charge is 0.267 e. The SMILES string of the molecule is COc1ccc(CC(=O)Nc2ccc(-c3noc(C(C)Oc4ccc(Cl)cc4Cl)n3)cc2)cc1. The van der Waals surface area contributed by atoms with Gasteiger partial charge in [0, 0.05) is 16.3 Å². The molecule has 0 spiro atoms. The molecule has 0 radical (unpaired) electrons. The van der Waals surface area contributed by atoms with E-state index in [2.05, 4.69) is 15.5 Å². The highest BCUT2D eigenvalue weighted by molar-refractivity contribution is 6.35. The van der Waals surface area contributed by atoms with E-state index in [1.807, 2.05) is 24.3 Å². The summed E-state index contributed by atoms with van der Waals surface area (Å²) >= 11 is 12.1. The minimum absolute atomic E-state index is 0.119. The molecule has 174 valence electrons. The number of anilines is 1. The van der Waals surface area contributed by atoms with Gasteiger partial charge >= 0.3 is 0 Å². The van der Waals surface area contributed by atoms with Gasteiger partial charge in [-0.25, -0.2) is 0 Å². The molecule has 4 rings (SSSR count). The molecule has 1 amide bonds. The average molecular weight is 498 g/mol. The lowest BCUT2D eigenvalue weighted by atomic mass is 10.1. The third-order valence-electron chi connectivity index (χ3n) is 4.94. The first-order chi connectivity index (χ1) is 16.4. The van der Waals surface area contributed by atoms with Gasteiger partial charge < -0.3 is 19.3 Å². The molecular weight excluding hydrogens is 477 g/mol. The summed E-state index contributed by atoms with van der Waals surface area (Å²) < 4.78 is 16.3. The molecule has 1 unspecified atom stereocenters. The van der Waals surface area contributed by atoms with Gasteiger partial charge in [0.1, 0.15) is 11.5 Å². The highest BCUT2D eigenvalue weighted by atomic mass is 35.5. The van der Waals surface area contributed by atoms with Gasteiger partial charge in [-0.05, 0) is 67.1 Å². The number of nitrogens with one attached hydrogen (secondary N) is 1. The Morgan fingerprint density at radius 2 is 1.79 bits per heavy atom. The molecule has 0 saturated heterocycles. The van der Waals surface area contributed by atoms with Crippen LogP contribution in [0.25, 0.3) is 11.4 Å². The van der Waals surface area contributed by atoms with Gasteiger partial charge in [-0.1, -0.05) is 40.5 Å². The van der Waals surface area contributed by atoms with E-state index in [0.717, 1.165) is 16.9 Å². The van der Waals surface area contributed by atoms with E-state index in [1.165, 1.54) is 0 Å². The van der Waals surface area contributed by atoms with Crippen molar-refractivity contribution in [2.45, 2.75) is 19.4 Å². The Hall–Kier alpha value is -3.55. The molecule has 0 aliphatic carbocycles. The largest absolute Gasteiger partial charge is 0.497 e. The van der Waals surface area contributed by atoms with E-state index in [1.54, 1.807) is 56.5 Å². The number of nitrogens with zero attached hydrogens (tertiary/aromatic N) is 2. The number of hydrogen-bond acceptors (Lipinski definition) is 6. The maximum atomic E-state index is 12.3. The molecule has 0 fully saturated rings. The van der Waals surface area contributed by atoms with E-state index in [9.17, 15) is 4.79 Å². The van der Waals surface area contributed by atoms with Crippen LogP contribution in [0.1, 0.15) is 24.5 Å². The Balaban J connectivity index is 1.36. The Morgan fingerprint density at radius 3 is 2.47 bits per heavy atom. The van der Waals surface area contributed by atoms with Crippen LogP contribution < -0.4 is 14.8 Å². The number of methoxy groups -OCH3 is 1. The van der Waals surface area contributed by atoms with E-state index < -0.39 is 6.10 Å². The van der Waals surface area contributed by atoms with Crippen LogP contribution in [-0.2, 0) is 11.2 Å². The van der Waals surface area contributed by atoms with E-state index >= 15 is 0 Å². The summed E-state index contributed by atoms with van der Waals surface area (Å²) in [6, 6.07) is 19.5. The van der Waals surface area contributed by atoms with Crippen molar-refractivity contribution in [2.75, 3.05) is 12.4 Å². The molecule has 7 nitrogen and oxygen atoms in total. The summed E-state index contributed by atoms with van der Waals surface area (Å²) in [7, 11) is 1.60. The summed E-state index contributed by atoms with van der Waals surface area (Å²) in [6.07, 6.45) is -0.258. The topological polar surface area (TPSA) is 86.5 Å². The monoisotopic (exact) mass is 497 g/mol. The van der Waals surface area contributed by atoms with Gasteiger partial charge in [-0.2, -0.15) is 4.98 Å². The minimum atomic E-state index is -0.517. The van der Waals surface area contributed by atoms with Crippen molar-refractivity contribution in [2.24, 2.45) is 0 Å². The van der Waals surface area contributed by atoms with Crippen molar-refractivity contribution < 1.29 is 18.8 Å². The van der Waals surface area contributed by atoms with E-state index in [-0.39, 0.29) is 12.3 Å². The lowest BCUT2D eigenvalue weighted by Crippen LogP contribution is -2.14. The van der Waals surface area contributed by atoms with Crippen molar-refractivity contribution >= 4 is 34.8 Å². The standard InChI is InChI=1S/C25H21Cl2N3O4/c1-15(33-22-12-7-18(26)14-21(22)27)25-29-24(30-34-25)17-5-8-19(9-6-17)28-23(31)13-16-3-10-20(32-2)11-4-16/h3-12,14-15H,13H2,1-2H3,(H,28,31). The summed E-state index contributed by atoms with van der Waals surface area (Å²) in [6.45, 7) is 1.78. The first-order valence-corrected chi connectivity index (χ1v) is 11.2. The third kappa shape index (κ3) is 5.87. The van der Waals surface area contributed by atoms with E-state index in [0.29, 0.717) is 33.2 Å². The van der Waals surface area contributed by atoms with Gasteiger partial charge in [0.2, 0.25) is 11.7 Å². The Bertz CT molecular complexity index is 1270. The average Bonchev–Trinajstić information content (AvgIpc) is 3.32. The van der Waals surface area contributed by atoms with Crippen LogP contribution in [0.2, 0.25) is 10.0 Å². The maximum absolute atomic E-state index is 12.3. The van der Waals surface area contributed by atoms with Crippen LogP contribution in [0.5, 0.6) is 11.5 Å². The number of hydrogen-bond donors (Lipinski definition) is 1. The normalized spacial score (nSPS) is 11.6. The molecule has 0 aliphatic rings. The van der Waals surface area contributed by atoms with Crippen LogP contribution in [0.15, 0.2) is 71.3 Å². The van der Waals surface area contributed by atoms with Gasteiger partial charge in [0.05, 0.1) is 18.6 Å². The number of halogens is 2. The molecule has 9 heteroatoms. The second kappa shape index (κ2) is 10.6. The maximum Gasteiger partial charge on any atom is 0.267 e. The van der Waals surface area contributed by atoms with Crippen molar-refractivity contribution in [1.82, 2.24) is 10.1 Å². The molecule has 0 aliphatic heterocycles. The first-order valence-electron chi connectivity index (χ1n) is 10.4. The molecular formula is C25H21Cl2N3O4. The number of carbonyl (C=O) groups excluding carboxylic acids is 1. The fraction of sp³-hybridized carbons (Fsp3) is 0.160. The number of amides is 1. The van der Waals surface area contributed by atoms with Crippen LogP contribution in [0.3, 0.4) is 0 Å². The molecule has 3 aromatic carbocycles. The summed E-state index contributed by atoms with van der Waals surface area (Å²) in [5.74, 6) is 1.81. The second-order valence-corrected chi connectivity index (χ2v) is 8.29. The zero-order valence-electron chi connectivity index (χ0n) is 18.4. The summed E-state index contributed by atoms with van der Waals surface area (Å²) in [5, 5.41) is 7.82. The van der Waals surface area contributed by atoms with Gasteiger partial charge in [-0.3, -0.25) is 4.79 Å². The number of rotatable bonds is 8. The molecule has 34 heavy (non-hydrogen) atoms. The highest BCUT2D eigenvalue weighted by Gasteiger charge is 2.18. The highest BCUT2D eigenvalue weighted by Crippen LogP contribution is 2.31. The van der Waals surface area contributed by atoms with Crippen LogP contribution >= 0.6 is 23.2 Å². The number of ether oxygens (including phenoxy) is 2. The Morgan fingerprint density at radius 1 is 1.06 bits per heavy atom. The summed E-state index contributed by atoms with van der Waals surface area (Å²) in [4.78, 5) is 16.8. The molecule has 1 aromatic heterocycles. The molecule has 0 saturated carbocycles. The minimum Gasteiger partial charge on any atom is -0.497 e. The fourth-order valence-corrected chi connectivity index (χ4v) is 3.62. The first kappa shape index (κ1) is 23.6. The Labute approximate surface area is 206 Å². The summed E-state index contributed by atoms with van der Waals surface area (Å²) in [5.41, 5.74) is 2.30. The van der Waals surface area contributed by atoms with Crippen molar-refractivity contribution in [3.05, 3.63) is 88.2 Å². The van der Waals surface area contributed by atoms with Crippen molar-refractivity contribution in [3.8, 4) is 22.9 Å². The zero-order chi connectivity index (χ0) is 24.1. The third-order valence-corrected chi connectivity index (χ3v) is 5.47. The predicted molar refractivity (Wildman–Crippen MR) is 131 cm³/mol. The van der Waals surface area contributed by atoms with Crippen LogP contribution in [-0.4, -0.2) is 23.2 Å². The van der Waals surface area contributed by atoms with Crippen LogP contribution in [0, 0.1) is 0 Å². The fourth-order valence-electron chi connectivity index (χ4n) is 3.17. The van der Waals surface area contributed by atoms with Crippen molar-refractivity contribution in [3.63, 3.8) is 0 Å². The van der Waals surface area contributed by atoms with Gasteiger partial charge in [-0.15, -0.1) is 0 Å². The van der Waals surface area contributed by atoms with Gasteiger partial charge in [0.15, 0.2) is 6.10 Å². The molecule has 0 bridgehead atoms. The number of aromatic nitrogens is 2. The van der Waals surface area contributed by atoms with Crippen molar-refractivity contribution in [1.29, 1.82) is 0 Å². The predicted octanol–water partition coefficient (Wildman–Crippen LogP) is 6.37. The molecule has 1 heterocycles. The van der Waals surface area contributed by atoms with Crippen LogP contribution in [0.4, 0.5) is 5.69 Å². The van der Waals surface area contributed by atoms with Gasteiger partial charge in [0.25, 0.3) is 5.89 Å².